The van der Waals surface area contributed by atoms with Crippen molar-refractivity contribution in [2.75, 3.05) is 0 Å². The van der Waals surface area contributed by atoms with Crippen LogP contribution in [0.5, 0.6) is 5.75 Å². The first kappa shape index (κ1) is 19.7. The highest BCUT2D eigenvalue weighted by molar-refractivity contribution is 5.84. The Labute approximate surface area is 176 Å². The van der Waals surface area contributed by atoms with Gasteiger partial charge in [-0.1, -0.05) is 55.5 Å². The molecule has 5 heteroatoms. The van der Waals surface area contributed by atoms with E-state index in [-0.39, 0.29) is 5.91 Å². The number of carbonyl (C=O) groups excluding carboxylic acids is 1. The first-order valence-electron chi connectivity index (χ1n) is 10.2. The van der Waals surface area contributed by atoms with E-state index in [4.69, 9.17) is 4.74 Å². The molecule has 0 bridgehead atoms. The summed E-state index contributed by atoms with van der Waals surface area (Å²) in [6, 6.07) is 22.0. The number of rotatable bonds is 7. The summed E-state index contributed by atoms with van der Waals surface area (Å²) in [7, 11) is 0. The van der Waals surface area contributed by atoms with Crippen molar-refractivity contribution in [3.8, 4) is 11.4 Å². The molecular weight excluding hydrogens is 374 g/mol. The molecule has 0 aliphatic carbocycles. The number of carbonyl (C=O) groups is 1. The summed E-state index contributed by atoms with van der Waals surface area (Å²) in [6.45, 7) is 4.33. The van der Waals surface area contributed by atoms with Gasteiger partial charge in [0.2, 0.25) is 0 Å². The van der Waals surface area contributed by atoms with Crippen molar-refractivity contribution in [1.82, 2.24) is 14.9 Å². The maximum absolute atomic E-state index is 12.8. The Balaban J connectivity index is 1.46. The molecule has 0 unspecified atom stereocenters. The van der Waals surface area contributed by atoms with E-state index in [0.29, 0.717) is 18.7 Å². The zero-order valence-corrected chi connectivity index (χ0v) is 17.2. The van der Waals surface area contributed by atoms with Gasteiger partial charge in [-0.05, 0) is 47.9 Å². The predicted octanol–water partition coefficient (Wildman–Crippen LogP) is 4.81. The van der Waals surface area contributed by atoms with Gasteiger partial charge in [-0.15, -0.1) is 0 Å². The van der Waals surface area contributed by atoms with Gasteiger partial charge in [0.05, 0.1) is 5.69 Å². The quantitative estimate of drug-likeness (QED) is 0.485. The third-order valence-corrected chi connectivity index (χ3v) is 5.19. The van der Waals surface area contributed by atoms with E-state index in [1.165, 1.54) is 0 Å². The molecule has 0 radical (unpaired) electrons. The minimum atomic E-state index is -0.548. The van der Waals surface area contributed by atoms with Gasteiger partial charge in [-0.25, -0.2) is 4.98 Å². The highest BCUT2D eigenvalue weighted by atomic mass is 16.5. The van der Waals surface area contributed by atoms with Crippen LogP contribution < -0.4 is 10.1 Å². The molecular formula is C25H25N3O2. The highest BCUT2D eigenvalue weighted by Gasteiger charge is 2.19. The van der Waals surface area contributed by atoms with Crippen LogP contribution in [0.3, 0.4) is 0 Å². The first-order valence-corrected chi connectivity index (χ1v) is 10.2. The largest absolute Gasteiger partial charge is 0.481 e. The molecule has 0 saturated heterocycles. The number of aromatic nitrogens is 2. The molecule has 3 aromatic carbocycles. The standard InChI is InChI=1S/C25H25N3O2/c1-3-24(30-22-13-12-19-8-4-5-9-20(19)16-22)25(29)27-17-21-10-6-7-11-23(21)28-15-14-26-18(28)2/h4-16,24H,3,17H2,1-2H3,(H,27,29)/t24-/m1/s1. The smallest absolute Gasteiger partial charge is 0.261 e. The van der Waals surface area contributed by atoms with Crippen molar-refractivity contribution in [2.45, 2.75) is 32.9 Å². The summed E-state index contributed by atoms with van der Waals surface area (Å²) in [5.41, 5.74) is 2.03. The lowest BCUT2D eigenvalue weighted by molar-refractivity contribution is -0.128. The lowest BCUT2D eigenvalue weighted by Gasteiger charge is -2.18. The van der Waals surface area contributed by atoms with Crippen LogP contribution >= 0.6 is 0 Å². The Morgan fingerprint density at radius 3 is 2.60 bits per heavy atom. The Hall–Kier alpha value is -3.60. The molecule has 1 aromatic heterocycles. The monoisotopic (exact) mass is 399 g/mol. The average Bonchev–Trinajstić information content (AvgIpc) is 3.21. The Morgan fingerprint density at radius 2 is 1.83 bits per heavy atom. The molecule has 30 heavy (non-hydrogen) atoms. The summed E-state index contributed by atoms with van der Waals surface area (Å²) < 4.78 is 8.03. The van der Waals surface area contributed by atoms with Gasteiger partial charge in [0.1, 0.15) is 11.6 Å². The van der Waals surface area contributed by atoms with Crippen molar-refractivity contribution in [3.63, 3.8) is 0 Å². The number of hydrogen-bond donors (Lipinski definition) is 1. The van der Waals surface area contributed by atoms with Crippen LogP contribution in [0.2, 0.25) is 0 Å². The average molecular weight is 399 g/mol. The van der Waals surface area contributed by atoms with E-state index in [2.05, 4.69) is 16.4 Å². The summed E-state index contributed by atoms with van der Waals surface area (Å²) in [6.07, 6.45) is 3.73. The normalized spacial score (nSPS) is 11.9. The van der Waals surface area contributed by atoms with Crippen LogP contribution in [0.15, 0.2) is 79.1 Å². The number of amides is 1. The van der Waals surface area contributed by atoms with E-state index in [9.17, 15) is 4.79 Å². The molecule has 0 fully saturated rings. The minimum absolute atomic E-state index is 0.122. The third-order valence-electron chi connectivity index (χ3n) is 5.19. The second-order valence-electron chi connectivity index (χ2n) is 7.21. The van der Waals surface area contributed by atoms with Crippen LogP contribution in [0.1, 0.15) is 24.7 Å². The van der Waals surface area contributed by atoms with Gasteiger partial charge >= 0.3 is 0 Å². The van der Waals surface area contributed by atoms with Gasteiger partial charge in [0, 0.05) is 18.9 Å². The van der Waals surface area contributed by atoms with E-state index in [1.54, 1.807) is 6.20 Å². The van der Waals surface area contributed by atoms with Crippen molar-refractivity contribution in [1.29, 1.82) is 0 Å². The Kier molecular flexibility index (Phi) is 5.80. The lowest BCUT2D eigenvalue weighted by atomic mass is 10.1. The molecule has 1 heterocycles. The number of fused-ring (bicyclic) bond motifs is 1. The number of hydrogen-bond acceptors (Lipinski definition) is 3. The molecule has 0 spiro atoms. The number of para-hydroxylation sites is 1. The van der Waals surface area contributed by atoms with Gasteiger partial charge in [-0.3, -0.25) is 4.79 Å². The van der Waals surface area contributed by atoms with Crippen LogP contribution in [-0.4, -0.2) is 21.6 Å². The topological polar surface area (TPSA) is 56.1 Å². The number of imidazole rings is 1. The molecule has 4 rings (SSSR count). The molecule has 1 amide bonds. The second kappa shape index (κ2) is 8.82. The molecule has 0 aliphatic heterocycles. The molecule has 1 atom stereocenters. The number of ether oxygens (including phenoxy) is 1. The molecule has 0 saturated carbocycles. The maximum atomic E-state index is 12.8. The molecule has 0 aliphatic rings. The van der Waals surface area contributed by atoms with Crippen molar-refractivity contribution in [2.24, 2.45) is 0 Å². The van der Waals surface area contributed by atoms with Gasteiger partial charge in [0.15, 0.2) is 6.10 Å². The summed E-state index contributed by atoms with van der Waals surface area (Å²) in [4.78, 5) is 17.1. The Morgan fingerprint density at radius 1 is 1.07 bits per heavy atom. The van der Waals surface area contributed by atoms with Crippen molar-refractivity contribution >= 4 is 16.7 Å². The fourth-order valence-corrected chi connectivity index (χ4v) is 3.55. The number of aryl methyl sites for hydroxylation is 1. The minimum Gasteiger partial charge on any atom is -0.481 e. The zero-order valence-electron chi connectivity index (χ0n) is 17.2. The SMILES string of the molecule is CC[C@@H](Oc1ccc2ccccc2c1)C(=O)NCc1ccccc1-n1ccnc1C. The third kappa shape index (κ3) is 4.20. The maximum Gasteiger partial charge on any atom is 0.261 e. The number of nitrogens with one attached hydrogen (secondary N) is 1. The Bertz CT molecular complexity index is 1170. The summed E-state index contributed by atoms with van der Waals surface area (Å²) in [5.74, 6) is 1.48. The van der Waals surface area contributed by atoms with Crippen LogP contribution in [0.4, 0.5) is 0 Å². The van der Waals surface area contributed by atoms with E-state index >= 15 is 0 Å². The molecule has 4 aromatic rings. The van der Waals surface area contributed by atoms with Crippen LogP contribution in [0, 0.1) is 6.92 Å². The molecule has 152 valence electrons. The molecule has 5 nitrogen and oxygen atoms in total. The summed E-state index contributed by atoms with van der Waals surface area (Å²) in [5, 5.41) is 5.27. The first-order chi connectivity index (χ1) is 14.7. The van der Waals surface area contributed by atoms with Gasteiger partial charge in [0.25, 0.3) is 5.91 Å². The van der Waals surface area contributed by atoms with Crippen molar-refractivity contribution < 1.29 is 9.53 Å². The van der Waals surface area contributed by atoms with E-state index < -0.39 is 6.10 Å². The van der Waals surface area contributed by atoms with E-state index in [1.807, 2.05) is 85.3 Å². The van der Waals surface area contributed by atoms with Crippen LogP contribution in [-0.2, 0) is 11.3 Å². The lowest BCUT2D eigenvalue weighted by Crippen LogP contribution is -2.37. The summed E-state index contributed by atoms with van der Waals surface area (Å²) >= 11 is 0. The van der Waals surface area contributed by atoms with E-state index in [0.717, 1.165) is 27.8 Å². The van der Waals surface area contributed by atoms with Gasteiger partial charge < -0.3 is 14.6 Å². The fraction of sp³-hybridized carbons (Fsp3) is 0.200. The number of nitrogens with zero attached hydrogens (tertiary/aromatic N) is 2. The number of benzene rings is 3. The molecule has 1 N–H and O–H groups in total. The predicted molar refractivity (Wildman–Crippen MR) is 119 cm³/mol. The fourth-order valence-electron chi connectivity index (χ4n) is 3.55. The zero-order chi connectivity index (χ0) is 20.9. The highest BCUT2D eigenvalue weighted by Crippen LogP contribution is 2.22. The van der Waals surface area contributed by atoms with Gasteiger partial charge in [-0.2, -0.15) is 0 Å². The van der Waals surface area contributed by atoms with Crippen molar-refractivity contribution in [3.05, 3.63) is 90.5 Å². The second-order valence-corrected chi connectivity index (χ2v) is 7.21. The van der Waals surface area contributed by atoms with Crippen LogP contribution in [0.25, 0.3) is 16.5 Å².